The van der Waals surface area contributed by atoms with E-state index in [0.717, 1.165) is 0 Å². The molecule has 0 aromatic carbocycles. The molecule has 0 spiro atoms. The minimum atomic E-state index is -0.997. The summed E-state index contributed by atoms with van der Waals surface area (Å²) < 4.78 is 0. The minimum Gasteiger partial charge on any atom is -0.478 e. The van der Waals surface area contributed by atoms with Crippen molar-refractivity contribution in [2.24, 2.45) is 0 Å². The second kappa shape index (κ2) is 11.4. The normalized spacial score (nSPS) is 9.55. The largest absolute Gasteiger partial charge is 0.478 e. The van der Waals surface area contributed by atoms with Crippen molar-refractivity contribution >= 4 is 11.9 Å². The molecule has 2 N–H and O–H groups in total. The molecule has 0 aliphatic heterocycles. The van der Waals surface area contributed by atoms with Crippen molar-refractivity contribution in [3.63, 3.8) is 0 Å². The molecule has 156 valence electrons. The number of aromatic nitrogens is 4. The Labute approximate surface area is 190 Å². The number of hydrogen-bond acceptors (Lipinski definition) is 6. The predicted octanol–water partition coefficient (Wildman–Crippen LogP) is 3.68. The van der Waals surface area contributed by atoms with E-state index >= 15 is 0 Å². The van der Waals surface area contributed by atoms with Crippen molar-refractivity contribution in [1.82, 2.24) is 19.9 Å². The van der Waals surface area contributed by atoms with E-state index in [1.807, 2.05) is 0 Å². The molecule has 0 saturated carbocycles. The van der Waals surface area contributed by atoms with Crippen molar-refractivity contribution < 1.29 is 39.3 Å². The topological polar surface area (TPSA) is 126 Å². The summed E-state index contributed by atoms with van der Waals surface area (Å²) in [5.74, 6) is -1.99. The Bertz CT molecular complexity index is 1070. The second-order valence-corrected chi connectivity index (χ2v) is 5.84. The zero-order chi connectivity index (χ0) is 21.3. The van der Waals surface area contributed by atoms with Gasteiger partial charge in [-0.1, -0.05) is 12.1 Å². The van der Waals surface area contributed by atoms with E-state index in [0.29, 0.717) is 22.8 Å². The van der Waals surface area contributed by atoms with Crippen molar-refractivity contribution in [2.75, 3.05) is 0 Å². The van der Waals surface area contributed by atoms with Crippen molar-refractivity contribution in [3.8, 4) is 22.8 Å². The molecule has 8 nitrogen and oxygen atoms in total. The van der Waals surface area contributed by atoms with Crippen LogP contribution in [0.15, 0.2) is 85.5 Å². The van der Waals surface area contributed by atoms with Crippen LogP contribution in [0.5, 0.6) is 0 Å². The van der Waals surface area contributed by atoms with Crippen LogP contribution in [0.2, 0.25) is 0 Å². The fraction of sp³-hybridized carbons (Fsp3) is 0. The maximum Gasteiger partial charge on any atom is 0.337 e. The molecule has 4 aromatic rings. The van der Waals surface area contributed by atoms with Crippen LogP contribution in [-0.4, -0.2) is 42.1 Å². The Kier molecular flexibility index (Phi) is 8.60. The van der Waals surface area contributed by atoms with E-state index in [-0.39, 0.29) is 30.6 Å². The van der Waals surface area contributed by atoms with Crippen LogP contribution in [0.3, 0.4) is 0 Å². The molecular weight excluding hydrogens is 485 g/mol. The standard InChI is InChI=1S/2C11H8N2O2.Ru/c2*14-11(15)8-4-3-7-13-10(8)9-5-1-2-6-12-9;/h2*1-7H,(H,14,15);. The number of rotatable bonds is 4. The second-order valence-electron chi connectivity index (χ2n) is 5.84. The monoisotopic (exact) mass is 502 g/mol. The van der Waals surface area contributed by atoms with Gasteiger partial charge < -0.3 is 10.2 Å². The Morgan fingerprint density at radius 2 is 0.935 bits per heavy atom. The maximum atomic E-state index is 10.9. The number of hydrogen-bond donors (Lipinski definition) is 2. The molecule has 0 atom stereocenters. The molecule has 0 amide bonds. The molecule has 4 rings (SSSR count). The molecule has 0 fully saturated rings. The van der Waals surface area contributed by atoms with E-state index in [1.54, 1.807) is 73.3 Å². The van der Waals surface area contributed by atoms with Gasteiger partial charge >= 0.3 is 11.9 Å². The van der Waals surface area contributed by atoms with Gasteiger partial charge in [0.1, 0.15) is 11.4 Å². The van der Waals surface area contributed by atoms with Crippen LogP contribution >= 0.6 is 0 Å². The van der Waals surface area contributed by atoms with Crippen LogP contribution in [0.4, 0.5) is 0 Å². The van der Waals surface area contributed by atoms with Crippen LogP contribution in [0.1, 0.15) is 20.7 Å². The molecule has 31 heavy (non-hydrogen) atoms. The van der Waals surface area contributed by atoms with Gasteiger partial charge in [0.05, 0.1) is 22.5 Å². The van der Waals surface area contributed by atoms with Gasteiger partial charge in [-0.3, -0.25) is 19.9 Å². The molecule has 0 radical (unpaired) electrons. The summed E-state index contributed by atoms with van der Waals surface area (Å²) in [6.07, 6.45) is 6.32. The predicted molar refractivity (Wildman–Crippen MR) is 109 cm³/mol. The zero-order valence-electron chi connectivity index (χ0n) is 15.9. The number of nitrogens with zero attached hydrogens (tertiary/aromatic N) is 4. The average molecular weight is 501 g/mol. The number of aromatic carboxylic acids is 2. The van der Waals surface area contributed by atoms with Crippen LogP contribution in [-0.2, 0) is 19.5 Å². The van der Waals surface area contributed by atoms with Gasteiger partial charge in [-0.15, -0.1) is 0 Å². The average Bonchev–Trinajstić information content (AvgIpc) is 2.80. The molecule has 0 unspecified atom stereocenters. The number of carboxylic acid groups (broad SMARTS) is 2. The summed E-state index contributed by atoms with van der Waals surface area (Å²) in [5, 5.41) is 17.9. The number of carbonyl (C=O) groups is 2. The first-order valence-corrected chi connectivity index (χ1v) is 8.77. The first-order chi connectivity index (χ1) is 14.6. The van der Waals surface area contributed by atoms with E-state index in [9.17, 15) is 9.59 Å². The fourth-order valence-electron chi connectivity index (χ4n) is 2.57. The maximum absolute atomic E-state index is 10.9. The van der Waals surface area contributed by atoms with E-state index in [4.69, 9.17) is 10.2 Å². The fourth-order valence-corrected chi connectivity index (χ4v) is 2.57. The summed E-state index contributed by atoms with van der Waals surface area (Å²) >= 11 is 0. The first kappa shape index (κ1) is 23.4. The van der Waals surface area contributed by atoms with Gasteiger partial charge in [-0.25, -0.2) is 9.59 Å². The van der Waals surface area contributed by atoms with Gasteiger partial charge in [0.2, 0.25) is 0 Å². The third kappa shape index (κ3) is 6.07. The van der Waals surface area contributed by atoms with Crippen LogP contribution < -0.4 is 0 Å². The third-order valence-electron chi connectivity index (χ3n) is 3.89. The van der Waals surface area contributed by atoms with E-state index in [2.05, 4.69) is 19.9 Å². The van der Waals surface area contributed by atoms with Gasteiger partial charge in [-0.2, -0.15) is 0 Å². The molecule has 0 aliphatic rings. The molecule has 0 bridgehead atoms. The SMILES string of the molecule is O=C(O)c1cccnc1-c1ccccn1.O=C(O)c1cccnc1-c1ccccn1.[Ru]. The summed E-state index contributed by atoms with van der Waals surface area (Å²) in [6, 6.07) is 16.8. The molecule has 4 heterocycles. The van der Waals surface area contributed by atoms with Crippen LogP contribution in [0, 0.1) is 0 Å². The Hall–Kier alpha value is -3.84. The van der Waals surface area contributed by atoms with Crippen molar-refractivity contribution in [2.45, 2.75) is 0 Å². The summed E-state index contributed by atoms with van der Waals surface area (Å²) in [7, 11) is 0. The number of pyridine rings is 4. The molecular formula is C22H16N4O4Ru. The zero-order valence-corrected chi connectivity index (χ0v) is 17.7. The Balaban J connectivity index is 0.000000213. The first-order valence-electron chi connectivity index (χ1n) is 8.77. The smallest absolute Gasteiger partial charge is 0.337 e. The number of carboxylic acids is 2. The van der Waals surface area contributed by atoms with Gasteiger partial charge in [0.25, 0.3) is 0 Å². The Morgan fingerprint density at radius 1 is 0.548 bits per heavy atom. The summed E-state index contributed by atoms with van der Waals surface area (Å²) in [6.45, 7) is 0. The Morgan fingerprint density at radius 3 is 1.26 bits per heavy atom. The quantitative estimate of drug-likeness (QED) is 0.406. The minimum absolute atomic E-state index is 0. The van der Waals surface area contributed by atoms with E-state index < -0.39 is 11.9 Å². The van der Waals surface area contributed by atoms with Crippen molar-refractivity contribution in [3.05, 3.63) is 96.6 Å². The van der Waals surface area contributed by atoms with Gasteiger partial charge in [0.15, 0.2) is 0 Å². The van der Waals surface area contributed by atoms with Gasteiger partial charge in [-0.05, 0) is 48.5 Å². The van der Waals surface area contributed by atoms with E-state index in [1.165, 1.54) is 12.1 Å². The third-order valence-corrected chi connectivity index (χ3v) is 3.89. The molecule has 0 saturated heterocycles. The molecule has 0 aliphatic carbocycles. The molecule has 4 aromatic heterocycles. The summed E-state index contributed by atoms with van der Waals surface area (Å²) in [4.78, 5) is 38.0. The van der Waals surface area contributed by atoms with Gasteiger partial charge in [0, 0.05) is 44.3 Å². The molecule has 9 heteroatoms. The van der Waals surface area contributed by atoms with Crippen molar-refractivity contribution in [1.29, 1.82) is 0 Å². The van der Waals surface area contributed by atoms with Crippen LogP contribution in [0.25, 0.3) is 22.8 Å². The summed E-state index contributed by atoms with van der Waals surface area (Å²) in [5.41, 5.74) is 2.25.